The molecule has 1 aliphatic heterocycles. The Morgan fingerprint density at radius 3 is 3.15 bits per heavy atom. The van der Waals surface area contributed by atoms with Gasteiger partial charge in [-0.25, -0.2) is 5.06 Å². The molecule has 0 aromatic carbocycles. The van der Waals surface area contributed by atoms with E-state index in [-0.39, 0.29) is 5.91 Å². The Bertz CT molecular complexity index is 316. The van der Waals surface area contributed by atoms with Gasteiger partial charge in [0.05, 0.1) is 25.0 Å². The Labute approximate surface area is 74.6 Å². The van der Waals surface area contributed by atoms with Crippen molar-refractivity contribution < 1.29 is 9.63 Å². The van der Waals surface area contributed by atoms with Gasteiger partial charge in [0.1, 0.15) is 5.69 Å². The van der Waals surface area contributed by atoms with Gasteiger partial charge in [0.25, 0.3) is 5.91 Å². The SMILES string of the molecule is Nc1cn[nH]c1C(=O)N1CCCO1. The van der Waals surface area contributed by atoms with E-state index in [9.17, 15) is 4.79 Å². The summed E-state index contributed by atoms with van der Waals surface area (Å²) in [7, 11) is 0. The van der Waals surface area contributed by atoms with E-state index in [2.05, 4.69) is 10.2 Å². The largest absolute Gasteiger partial charge is 0.396 e. The molecule has 1 aromatic heterocycles. The second-order valence-electron chi connectivity index (χ2n) is 2.79. The minimum atomic E-state index is -0.257. The van der Waals surface area contributed by atoms with Gasteiger partial charge < -0.3 is 5.73 Å². The molecule has 0 saturated carbocycles. The van der Waals surface area contributed by atoms with Crippen LogP contribution >= 0.6 is 0 Å². The highest BCUT2D eigenvalue weighted by molar-refractivity contribution is 5.96. The summed E-state index contributed by atoms with van der Waals surface area (Å²) in [5.41, 5.74) is 6.15. The van der Waals surface area contributed by atoms with Crippen LogP contribution < -0.4 is 5.73 Å². The molecule has 70 valence electrons. The number of carbonyl (C=O) groups excluding carboxylic acids is 1. The average molecular weight is 182 g/mol. The second kappa shape index (κ2) is 3.06. The van der Waals surface area contributed by atoms with Gasteiger partial charge in [0, 0.05) is 0 Å². The van der Waals surface area contributed by atoms with Crippen molar-refractivity contribution in [1.82, 2.24) is 15.3 Å². The van der Waals surface area contributed by atoms with E-state index in [0.29, 0.717) is 24.5 Å². The molecule has 2 rings (SSSR count). The van der Waals surface area contributed by atoms with Crippen molar-refractivity contribution in [2.45, 2.75) is 6.42 Å². The number of carbonyl (C=O) groups is 1. The molecule has 0 unspecified atom stereocenters. The molecule has 0 bridgehead atoms. The number of nitrogens with one attached hydrogen (secondary N) is 1. The van der Waals surface area contributed by atoms with Crippen molar-refractivity contribution >= 4 is 11.6 Å². The first-order valence-corrected chi connectivity index (χ1v) is 4.02. The van der Waals surface area contributed by atoms with E-state index in [0.717, 1.165) is 6.42 Å². The van der Waals surface area contributed by atoms with E-state index >= 15 is 0 Å². The Morgan fingerprint density at radius 1 is 1.77 bits per heavy atom. The van der Waals surface area contributed by atoms with Crippen molar-refractivity contribution in [2.75, 3.05) is 18.9 Å². The Morgan fingerprint density at radius 2 is 2.62 bits per heavy atom. The van der Waals surface area contributed by atoms with Crippen LogP contribution in [0.5, 0.6) is 0 Å². The molecule has 2 heterocycles. The minimum absolute atomic E-state index is 0.257. The third-order valence-corrected chi connectivity index (χ3v) is 1.86. The summed E-state index contributed by atoms with van der Waals surface area (Å²) in [5, 5.41) is 7.49. The van der Waals surface area contributed by atoms with Crippen LogP contribution in [0.15, 0.2) is 6.20 Å². The van der Waals surface area contributed by atoms with Crippen LogP contribution in [0.2, 0.25) is 0 Å². The van der Waals surface area contributed by atoms with E-state index in [1.807, 2.05) is 0 Å². The molecule has 1 amide bonds. The molecule has 0 atom stereocenters. The van der Waals surface area contributed by atoms with Crippen LogP contribution in [-0.2, 0) is 4.84 Å². The van der Waals surface area contributed by atoms with Gasteiger partial charge in [-0.15, -0.1) is 0 Å². The maximum Gasteiger partial charge on any atom is 0.297 e. The number of nitrogens with zero attached hydrogens (tertiary/aromatic N) is 2. The number of anilines is 1. The molecular weight excluding hydrogens is 172 g/mol. The van der Waals surface area contributed by atoms with Crippen LogP contribution in [0.4, 0.5) is 5.69 Å². The molecular formula is C7H10N4O2. The van der Waals surface area contributed by atoms with Gasteiger partial charge in [0.15, 0.2) is 0 Å². The topological polar surface area (TPSA) is 84.2 Å². The molecule has 1 aliphatic rings. The number of hydrogen-bond acceptors (Lipinski definition) is 4. The molecule has 6 heteroatoms. The first-order chi connectivity index (χ1) is 6.29. The van der Waals surface area contributed by atoms with Crippen LogP contribution in [0.25, 0.3) is 0 Å². The monoisotopic (exact) mass is 182 g/mol. The zero-order valence-corrected chi connectivity index (χ0v) is 6.99. The number of H-pyrrole nitrogens is 1. The predicted octanol–water partition coefficient (Wildman–Crippen LogP) is -0.231. The lowest BCUT2D eigenvalue weighted by Crippen LogP contribution is -2.27. The molecule has 3 N–H and O–H groups in total. The lowest BCUT2D eigenvalue weighted by atomic mass is 10.3. The molecule has 6 nitrogen and oxygen atoms in total. The van der Waals surface area contributed by atoms with Gasteiger partial charge in [0.2, 0.25) is 0 Å². The van der Waals surface area contributed by atoms with Crippen molar-refractivity contribution in [3.8, 4) is 0 Å². The van der Waals surface area contributed by atoms with Gasteiger partial charge in [-0.05, 0) is 6.42 Å². The first kappa shape index (κ1) is 8.06. The predicted molar refractivity (Wildman–Crippen MR) is 44.6 cm³/mol. The number of amides is 1. The van der Waals surface area contributed by atoms with Gasteiger partial charge >= 0.3 is 0 Å². The van der Waals surface area contributed by atoms with Gasteiger partial charge in [-0.2, -0.15) is 5.10 Å². The Balaban J connectivity index is 2.17. The normalized spacial score (nSPS) is 16.5. The van der Waals surface area contributed by atoms with Gasteiger partial charge in [-0.1, -0.05) is 0 Å². The second-order valence-corrected chi connectivity index (χ2v) is 2.79. The lowest BCUT2D eigenvalue weighted by Gasteiger charge is -2.12. The number of hydrogen-bond donors (Lipinski definition) is 2. The number of aromatic amines is 1. The van der Waals surface area contributed by atoms with E-state index < -0.39 is 0 Å². The zero-order chi connectivity index (χ0) is 9.26. The molecule has 0 aliphatic carbocycles. The highest BCUT2D eigenvalue weighted by Gasteiger charge is 2.23. The summed E-state index contributed by atoms with van der Waals surface area (Å²) in [6.45, 7) is 1.19. The zero-order valence-electron chi connectivity index (χ0n) is 6.99. The van der Waals surface area contributed by atoms with Crippen molar-refractivity contribution in [2.24, 2.45) is 0 Å². The quantitative estimate of drug-likeness (QED) is 0.628. The van der Waals surface area contributed by atoms with E-state index in [1.54, 1.807) is 0 Å². The molecule has 13 heavy (non-hydrogen) atoms. The molecule has 1 fully saturated rings. The van der Waals surface area contributed by atoms with Crippen molar-refractivity contribution in [3.05, 3.63) is 11.9 Å². The summed E-state index contributed by atoms with van der Waals surface area (Å²) in [6.07, 6.45) is 2.27. The van der Waals surface area contributed by atoms with Crippen molar-refractivity contribution in [3.63, 3.8) is 0 Å². The fourth-order valence-corrected chi connectivity index (χ4v) is 1.20. The molecule has 1 saturated heterocycles. The lowest BCUT2D eigenvalue weighted by molar-refractivity contribution is -0.0771. The fraction of sp³-hybridized carbons (Fsp3) is 0.429. The summed E-state index contributed by atoms with van der Waals surface area (Å²) in [6, 6.07) is 0. The molecule has 1 aromatic rings. The van der Waals surface area contributed by atoms with Crippen LogP contribution in [-0.4, -0.2) is 34.3 Å². The highest BCUT2D eigenvalue weighted by atomic mass is 16.7. The van der Waals surface area contributed by atoms with Crippen LogP contribution in [0, 0.1) is 0 Å². The van der Waals surface area contributed by atoms with Crippen LogP contribution in [0.1, 0.15) is 16.9 Å². The highest BCUT2D eigenvalue weighted by Crippen LogP contribution is 2.13. The maximum atomic E-state index is 11.6. The van der Waals surface area contributed by atoms with E-state index in [4.69, 9.17) is 10.6 Å². The van der Waals surface area contributed by atoms with Crippen molar-refractivity contribution in [1.29, 1.82) is 0 Å². The third-order valence-electron chi connectivity index (χ3n) is 1.86. The molecule has 0 radical (unpaired) electrons. The number of rotatable bonds is 1. The fourth-order valence-electron chi connectivity index (χ4n) is 1.20. The summed E-state index contributed by atoms with van der Waals surface area (Å²) in [5.74, 6) is -0.257. The summed E-state index contributed by atoms with van der Waals surface area (Å²) >= 11 is 0. The van der Waals surface area contributed by atoms with Gasteiger partial charge in [-0.3, -0.25) is 14.7 Å². The number of aromatic nitrogens is 2. The third kappa shape index (κ3) is 1.35. The number of hydroxylamine groups is 2. The standard InChI is InChI=1S/C7H10N4O2/c8-5-4-9-10-6(5)7(12)11-2-1-3-13-11/h4H,1-3,8H2,(H,9,10). The average Bonchev–Trinajstić information content (AvgIpc) is 2.72. The number of nitrogens with two attached hydrogens (primary N) is 1. The van der Waals surface area contributed by atoms with Crippen LogP contribution in [0.3, 0.4) is 0 Å². The first-order valence-electron chi connectivity index (χ1n) is 4.02. The maximum absolute atomic E-state index is 11.6. The summed E-state index contributed by atoms with van der Waals surface area (Å²) < 4.78 is 0. The molecule has 0 spiro atoms. The Kier molecular flexibility index (Phi) is 1.90. The Hall–Kier alpha value is -1.56. The van der Waals surface area contributed by atoms with E-state index in [1.165, 1.54) is 11.3 Å². The summed E-state index contributed by atoms with van der Waals surface area (Å²) in [4.78, 5) is 16.7. The smallest absolute Gasteiger partial charge is 0.297 e. The minimum Gasteiger partial charge on any atom is -0.396 e. The number of nitrogen functional groups attached to an aromatic ring is 1.